The van der Waals surface area contributed by atoms with Crippen molar-refractivity contribution in [2.45, 2.75) is 0 Å². The molecule has 0 aliphatic heterocycles. The number of ether oxygens (including phenoxy) is 1. The molecule has 4 aromatic rings. The second-order valence-electron chi connectivity index (χ2n) is 5.80. The van der Waals surface area contributed by atoms with Gasteiger partial charge in [-0.1, -0.05) is 30.8 Å². The Labute approximate surface area is 165 Å². The van der Waals surface area contributed by atoms with Crippen LogP contribution in [0.25, 0.3) is 10.2 Å². The summed E-state index contributed by atoms with van der Waals surface area (Å²) in [5.74, 6) is 1.17. The first-order chi connectivity index (χ1) is 13.7. The Hall–Kier alpha value is -3.71. The summed E-state index contributed by atoms with van der Waals surface area (Å²) < 4.78 is 6.87. The van der Waals surface area contributed by atoms with E-state index in [2.05, 4.69) is 27.2 Å². The smallest absolute Gasteiger partial charge is 0.247 e. The summed E-state index contributed by atoms with van der Waals surface area (Å²) in [4.78, 5) is 20.6. The van der Waals surface area contributed by atoms with Gasteiger partial charge in [-0.2, -0.15) is 4.98 Å². The van der Waals surface area contributed by atoms with Gasteiger partial charge in [-0.05, 0) is 41.8 Å². The van der Waals surface area contributed by atoms with Crippen LogP contribution in [0.1, 0.15) is 0 Å². The van der Waals surface area contributed by atoms with E-state index < -0.39 is 0 Å². The molecule has 0 saturated carbocycles. The predicted molar refractivity (Wildman–Crippen MR) is 112 cm³/mol. The predicted octanol–water partition coefficient (Wildman–Crippen LogP) is 5.35. The molecule has 0 bridgehead atoms. The molecule has 0 atom stereocenters. The molecule has 0 saturated heterocycles. The fourth-order valence-corrected chi connectivity index (χ4v) is 3.31. The van der Waals surface area contributed by atoms with E-state index in [0.29, 0.717) is 23.3 Å². The molecule has 2 N–H and O–H groups in total. The van der Waals surface area contributed by atoms with Gasteiger partial charge in [-0.25, -0.2) is 4.98 Å². The largest absolute Gasteiger partial charge is 0.437 e. The van der Waals surface area contributed by atoms with Crippen LogP contribution in [0.3, 0.4) is 0 Å². The van der Waals surface area contributed by atoms with Crippen molar-refractivity contribution in [2.75, 3.05) is 10.6 Å². The molecule has 2 heterocycles. The van der Waals surface area contributed by atoms with Crippen molar-refractivity contribution in [2.24, 2.45) is 0 Å². The van der Waals surface area contributed by atoms with Gasteiger partial charge in [0.2, 0.25) is 17.7 Å². The fourth-order valence-electron chi connectivity index (χ4n) is 2.55. The lowest BCUT2D eigenvalue weighted by Crippen LogP contribution is -2.07. The molecule has 4 rings (SSSR count). The Balaban J connectivity index is 1.65. The van der Waals surface area contributed by atoms with E-state index in [9.17, 15) is 4.79 Å². The van der Waals surface area contributed by atoms with E-state index in [-0.39, 0.29) is 5.91 Å². The van der Waals surface area contributed by atoms with Crippen LogP contribution in [-0.4, -0.2) is 15.9 Å². The number of para-hydroxylation sites is 1. The summed E-state index contributed by atoms with van der Waals surface area (Å²) >= 11 is 1.51. The number of rotatable bonds is 6. The Bertz CT molecular complexity index is 1140. The van der Waals surface area contributed by atoms with Crippen molar-refractivity contribution in [3.63, 3.8) is 0 Å². The molecular weight excluding hydrogens is 372 g/mol. The second kappa shape index (κ2) is 7.89. The van der Waals surface area contributed by atoms with E-state index in [1.165, 1.54) is 17.4 Å². The third-order valence-electron chi connectivity index (χ3n) is 3.80. The highest BCUT2D eigenvalue weighted by atomic mass is 32.1. The third-order valence-corrected chi connectivity index (χ3v) is 4.70. The molecule has 2 aromatic heterocycles. The number of fused-ring (bicyclic) bond motifs is 1. The first-order valence-electron chi connectivity index (χ1n) is 8.50. The average Bonchev–Trinajstić information content (AvgIpc) is 3.18. The molecule has 0 aliphatic rings. The second-order valence-corrected chi connectivity index (χ2v) is 6.72. The zero-order valence-corrected chi connectivity index (χ0v) is 15.6. The SMILES string of the molecule is C=CC(=O)Nc1cccc(Oc2nc(Nc3ccccc3)nc3ccsc23)c1. The molecule has 0 unspecified atom stereocenters. The van der Waals surface area contributed by atoms with E-state index in [4.69, 9.17) is 4.74 Å². The number of hydrogen-bond donors (Lipinski definition) is 2. The van der Waals surface area contributed by atoms with Gasteiger partial charge in [0, 0.05) is 17.4 Å². The number of nitrogens with one attached hydrogen (secondary N) is 2. The molecule has 2 aromatic carbocycles. The topological polar surface area (TPSA) is 76.1 Å². The van der Waals surface area contributed by atoms with Gasteiger partial charge >= 0.3 is 0 Å². The van der Waals surface area contributed by atoms with Crippen molar-refractivity contribution < 1.29 is 9.53 Å². The summed E-state index contributed by atoms with van der Waals surface area (Å²) in [6.45, 7) is 3.45. The summed E-state index contributed by atoms with van der Waals surface area (Å²) in [5, 5.41) is 7.85. The molecule has 0 spiro atoms. The van der Waals surface area contributed by atoms with E-state index in [1.54, 1.807) is 24.3 Å². The highest BCUT2D eigenvalue weighted by Crippen LogP contribution is 2.33. The Kier molecular flexibility index (Phi) is 4.99. The quantitative estimate of drug-likeness (QED) is 0.435. The van der Waals surface area contributed by atoms with E-state index >= 15 is 0 Å². The van der Waals surface area contributed by atoms with Crippen molar-refractivity contribution in [1.82, 2.24) is 9.97 Å². The monoisotopic (exact) mass is 388 g/mol. The van der Waals surface area contributed by atoms with Crippen molar-refractivity contribution in [3.05, 3.63) is 78.7 Å². The van der Waals surface area contributed by atoms with Crippen LogP contribution in [0.2, 0.25) is 0 Å². The number of carbonyl (C=O) groups excluding carboxylic acids is 1. The minimum Gasteiger partial charge on any atom is -0.437 e. The molecule has 6 nitrogen and oxygen atoms in total. The number of anilines is 3. The molecule has 0 fully saturated rings. The Morgan fingerprint density at radius 2 is 1.86 bits per heavy atom. The average molecular weight is 388 g/mol. The van der Waals surface area contributed by atoms with Gasteiger partial charge in [0.25, 0.3) is 0 Å². The maximum Gasteiger partial charge on any atom is 0.247 e. The Morgan fingerprint density at radius 1 is 1.04 bits per heavy atom. The van der Waals surface area contributed by atoms with Gasteiger partial charge in [-0.3, -0.25) is 4.79 Å². The van der Waals surface area contributed by atoms with Crippen LogP contribution < -0.4 is 15.4 Å². The van der Waals surface area contributed by atoms with Crippen molar-refractivity contribution in [3.8, 4) is 11.6 Å². The zero-order chi connectivity index (χ0) is 19.3. The highest BCUT2D eigenvalue weighted by Gasteiger charge is 2.12. The van der Waals surface area contributed by atoms with Gasteiger partial charge in [0.05, 0.1) is 5.52 Å². The lowest BCUT2D eigenvalue weighted by Gasteiger charge is -2.10. The van der Waals surface area contributed by atoms with Gasteiger partial charge in [0.1, 0.15) is 10.4 Å². The van der Waals surface area contributed by atoms with Crippen LogP contribution in [0.15, 0.2) is 78.7 Å². The number of amides is 1. The number of carbonyl (C=O) groups is 1. The molecule has 7 heteroatoms. The van der Waals surface area contributed by atoms with Crippen LogP contribution >= 0.6 is 11.3 Å². The first kappa shape index (κ1) is 17.7. The molecule has 0 aliphatic carbocycles. The van der Waals surface area contributed by atoms with Crippen LogP contribution in [0, 0.1) is 0 Å². The zero-order valence-electron chi connectivity index (χ0n) is 14.8. The van der Waals surface area contributed by atoms with Gasteiger partial charge in [0.15, 0.2) is 0 Å². The van der Waals surface area contributed by atoms with Gasteiger partial charge in [-0.15, -0.1) is 11.3 Å². The van der Waals surface area contributed by atoms with Gasteiger partial charge < -0.3 is 15.4 Å². The minimum atomic E-state index is -0.283. The summed E-state index contributed by atoms with van der Waals surface area (Å²) in [7, 11) is 0. The molecule has 138 valence electrons. The van der Waals surface area contributed by atoms with Crippen LogP contribution in [0.5, 0.6) is 11.6 Å². The molecule has 1 amide bonds. The fraction of sp³-hybridized carbons (Fsp3) is 0. The van der Waals surface area contributed by atoms with Crippen LogP contribution in [0.4, 0.5) is 17.3 Å². The lowest BCUT2D eigenvalue weighted by atomic mass is 10.3. The Morgan fingerprint density at radius 3 is 2.68 bits per heavy atom. The molecular formula is C21H16N4O2S. The highest BCUT2D eigenvalue weighted by molar-refractivity contribution is 7.17. The van der Waals surface area contributed by atoms with E-state index in [1.807, 2.05) is 41.8 Å². The number of aromatic nitrogens is 2. The number of benzene rings is 2. The summed E-state index contributed by atoms with van der Waals surface area (Å²) in [5.41, 5.74) is 2.29. The summed E-state index contributed by atoms with van der Waals surface area (Å²) in [6.07, 6.45) is 1.22. The molecule has 28 heavy (non-hydrogen) atoms. The number of nitrogens with zero attached hydrogens (tertiary/aromatic N) is 2. The normalized spacial score (nSPS) is 10.4. The summed E-state index contributed by atoms with van der Waals surface area (Å²) in [6, 6.07) is 18.7. The van der Waals surface area contributed by atoms with Crippen molar-refractivity contribution >= 4 is 44.8 Å². The number of thiophene rings is 1. The lowest BCUT2D eigenvalue weighted by molar-refractivity contribution is -0.111. The maximum atomic E-state index is 11.5. The molecule has 0 radical (unpaired) electrons. The maximum absolute atomic E-state index is 11.5. The number of hydrogen-bond acceptors (Lipinski definition) is 6. The minimum absolute atomic E-state index is 0.283. The van der Waals surface area contributed by atoms with Crippen LogP contribution in [-0.2, 0) is 4.79 Å². The standard InChI is InChI=1S/C21H16N4O2S/c1-2-18(26)22-15-9-6-10-16(13-15)27-20-19-17(11-12-28-19)24-21(25-20)23-14-7-4-3-5-8-14/h2-13H,1H2,(H,22,26)(H,23,24,25). The van der Waals surface area contributed by atoms with E-state index in [0.717, 1.165) is 15.9 Å². The first-order valence-corrected chi connectivity index (χ1v) is 9.38. The third kappa shape index (κ3) is 3.99. The van der Waals surface area contributed by atoms with Crippen molar-refractivity contribution in [1.29, 1.82) is 0 Å².